The molecule has 3 aromatic rings. The molecule has 4 rings (SSSR count). The van der Waals surface area contributed by atoms with Crippen molar-refractivity contribution in [1.82, 2.24) is 0 Å². The molecule has 0 bridgehead atoms. The lowest BCUT2D eigenvalue weighted by Gasteiger charge is -2.38. The molecule has 1 fully saturated rings. The zero-order valence-electron chi connectivity index (χ0n) is 19.3. The lowest BCUT2D eigenvalue weighted by molar-refractivity contribution is -0.384. The number of piperazine rings is 1. The molecule has 1 aliphatic heterocycles. The van der Waals surface area contributed by atoms with E-state index in [2.05, 4.69) is 15.1 Å². The van der Waals surface area contributed by atoms with Crippen molar-refractivity contribution in [3.05, 3.63) is 86.7 Å². The number of carbonyl (C=O) groups excluding carboxylic acids is 1. The predicted octanol–water partition coefficient (Wildman–Crippen LogP) is 5.28. The maximum Gasteiger partial charge on any atom is 0.271 e. The number of nitrogens with one attached hydrogen (secondary N) is 1. The van der Waals surface area contributed by atoms with Crippen LogP contribution >= 0.6 is 11.6 Å². The van der Waals surface area contributed by atoms with Crippen molar-refractivity contribution in [3.63, 3.8) is 0 Å². The van der Waals surface area contributed by atoms with E-state index in [1.807, 2.05) is 24.3 Å². The second kappa shape index (κ2) is 10.2. The van der Waals surface area contributed by atoms with Crippen molar-refractivity contribution in [1.29, 1.82) is 0 Å². The Hall–Kier alpha value is -3.85. The quantitative estimate of drug-likeness (QED) is 0.367. The van der Waals surface area contributed by atoms with Crippen LogP contribution in [0, 0.1) is 22.9 Å². The van der Waals surface area contributed by atoms with Crippen LogP contribution in [0.5, 0.6) is 5.75 Å². The van der Waals surface area contributed by atoms with Gasteiger partial charge in [-0.2, -0.15) is 0 Å². The highest BCUT2D eigenvalue weighted by molar-refractivity contribution is 6.35. The average molecular weight is 499 g/mol. The first-order valence-electron chi connectivity index (χ1n) is 11.0. The molecule has 35 heavy (non-hydrogen) atoms. The van der Waals surface area contributed by atoms with E-state index in [4.69, 9.17) is 16.3 Å². The van der Waals surface area contributed by atoms with Crippen LogP contribution in [-0.4, -0.2) is 44.1 Å². The summed E-state index contributed by atoms with van der Waals surface area (Å²) in [5.74, 6) is -0.302. The van der Waals surface area contributed by atoms with Gasteiger partial charge in [-0.05, 0) is 49.4 Å². The highest BCUT2D eigenvalue weighted by Crippen LogP contribution is 2.33. The number of benzene rings is 3. The fraction of sp³-hybridized carbons (Fsp3) is 0.240. The van der Waals surface area contributed by atoms with Gasteiger partial charge in [0, 0.05) is 49.6 Å². The van der Waals surface area contributed by atoms with E-state index in [1.54, 1.807) is 13.2 Å². The summed E-state index contributed by atoms with van der Waals surface area (Å²) in [6.07, 6.45) is 0. The summed E-state index contributed by atoms with van der Waals surface area (Å²) >= 11 is 6.19. The van der Waals surface area contributed by atoms with E-state index >= 15 is 0 Å². The largest absolute Gasteiger partial charge is 0.497 e. The molecule has 1 heterocycles. The fourth-order valence-electron chi connectivity index (χ4n) is 4.04. The summed E-state index contributed by atoms with van der Waals surface area (Å²) in [5, 5.41) is 14.1. The van der Waals surface area contributed by atoms with Crippen molar-refractivity contribution in [3.8, 4) is 5.75 Å². The molecule has 0 radical (unpaired) electrons. The number of anilines is 3. The summed E-state index contributed by atoms with van der Waals surface area (Å²) in [5.41, 5.74) is 2.13. The highest BCUT2D eigenvalue weighted by Gasteiger charge is 2.23. The molecule has 0 atom stereocenters. The molecule has 182 valence electrons. The lowest BCUT2D eigenvalue weighted by Crippen LogP contribution is -2.46. The van der Waals surface area contributed by atoms with Gasteiger partial charge in [-0.25, -0.2) is 4.39 Å². The third-order valence-electron chi connectivity index (χ3n) is 6.06. The Morgan fingerprint density at radius 1 is 1.06 bits per heavy atom. The lowest BCUT2D eigenvalue weighted by atomic mass is 10.1. The average Bonchev–Trinajstić information content (AvgIpc) is 2.87. The third-order valence-corrected chi connectivity index (χ3v) is 6.55. The van der Waals surface area contributed by atoms with Crippen molar-refractivity contribution < 1.29 is 18.8 Å². The summed E-state index contributed by atoms with van der Waals surface area (Å²) < 4.78 is 19.0. The fourth-order valence-corrected chi connectivity index (χ4v) is 4.28. The van der Waals surface area contributed by atoms with E-state index < -0.39 is 16.6 Å². The predicted molar refractivity (Wildman–Crippen MR) is 135 cm³/mol. The van der Waals surface area contributed by atoms with Crippen LogP contribution in [0.3, 0.4) is 0 Å². The second-order valence-electron chi connectivity index (χ2n) is 8.12. The molecule has 0 aromatic heterocycles. The Balaban J connectivity index is 1.56. The molecule has 1 N–H and O–H groups in total. The molecule has 0 saturated carbocycles. The number of amides is 1. The van der Waals surface area contributed by atoms with Crippen molar-refractivity contribution >= 4 is 40.3 Å². The maximum atomic E-state index is 13.8. The number of rotatable bonds is 6. The zero-order valence-corrected chi connectivity index (χ0v) is 20.0. The van der Waals surface area contributed by atoms with Crippen LogP contribution in [0.1, 0.15) is 15.9 Å². The molecule has 1 aliphatic rings. The van der Waals surface area contributed by atoms with Gasteiger partial charge in [-0.15, -0.1) is 0 Å². The van der Waals surface area contributed by atoms with E-state index in [0.29, 0.717) is 24.5 Å². The smallest absolute Gasteiger partial charge is 0.271 e. The molecule has 3 aromatic carbocycles. The first-order valence-corrected chi connectivity index (χ1v) is 11.3. The summed E-state index contributed by atoms with van der Waals surface area (Å²) in [6.45, 7) is 4.21. The molecule has 1 saturated heterocycles. The molecule has 0 aliphatic carbocycles. The van der Waals surface area contributed by atoms with Crippen LogP contribution < -0.4 is 19.9 Å². The first-order chi connectivity index (χ1) is 16.8. The van der Waals surface area contributed by atoms with Gasteiger partial charge in [0.1, 0.15) is 11.6 Å². The number of nitrogens with zero attached hydrogens (tertiary/aromatic N) is 3. The number of non-ortho nitro benzene ring substituents is 1. The van der Waals surface area contributed by atoms with E-state index in [1.165, 1.54) is 31.2 Å². The Kier molecular flexibility index (Phi) is 7.07. The van der Waals surface area contributed by atoms with Crippen LogP contribution in [0.15, 0.2) is 54.6 Å². The van der Waals surface area contributed by atoms with Crippen LogP contribution in [-0.2, 0) is 0 Å². The number of hydrogen-bond donors (Lipinski definition) is 1. The monoisotopic (exact) mass is 498 g/mol. The first kappa shape index (κ1) is 24.3. The second-order valence-corrected chi connectivity index (χ2v) is 8.50. The molecule has 10 heteroatoms. The minimum Gasteiger partial charge on any atom is -0.497 e. The SMILES string of the molecule is COc1ccc(N2CCN(c3ccc([N+](=O)[O-])cc3NC(=O)c3ccc(F)c(C)c3Cl)CC2)cc1. The van der Waals surface area contributed by atoms with Gasteiger partial charge in [0.25, 0.3) is 11.6 Å². The van der Waals surface area contributed by atoms with Crippen molar-refractivity contribution in [2.75, 3.05) is 48.4 Å². The van der Waals surface area contributed by atoms with Gasteiger partial charge >= 0.3 is 0 Å². The van der Waals surface area contributed by atoms with E-state index in [0.717, 1.165) is 24.5 Å². The van der Waals surface area contributed by atoms with E-state index in [-0.39, 0.29) is 21.8 Å². The molecule has 0 unspecified atom stereocenters. The number of ether oxygens (including phenoxy) is 1. The van der Waals surface area contributed by atoms with Gasteiger partial charge in [0.15, 0.2) is 0 Å². The summed E-state index contributed by atoms with van der Waals surface area (Å²) in [6, 6.07) is 14.7. The number of halogens is 2. The molecule has 1 amide bonds. The number of carbonyl (C=O) groups is 1. The Morgan fingerprint density at radius 3 is 2.34 bits per heavy atom. The number of nitro groups is 1. The van der Waals surface area contributed by atoms with Gasteiger partial charge in [-0.3, -0.25) is 14.9 Å². The van der Waals surface area contributed by atoms with Gasteiger partial charge in [0.05, 0.1) is 34.0 Å². The Bertz CT molecular complexity index is 1260. The van der Waals surface area contributed by atoms with Crippen molar-refractivity contribution in [2.24, 2.45) is 0 Å². The zero-order chi connectivity index (χ0) is 25.1. The minimum atomic E-state index is -0.572. The van der Waals surface area contributed by atoms with Crippen LogP contribution in [0.4, 0.5) is 27.1 Å². The third kappa shape index (κ3) is 5.14. The van der Waals surface area contributed by atoms with Gasteiger partial charge in [-0.1, -0.05) is 11.6 Å². The Morgan fingerprint density at radius 2 is 1.71 bits per heavy atom. The molecular weight excluding hydrogens is 475 g/mol. The van der Waals surface area contributed by atoms with Crippen LogP contribution in [0.25, 0.3) is 0 Å². The van der Waals surface area contributed by atoms with Crippen molar-refractivity contribution in [2.45, 2.75) is 6.92 Å². The number of nitro benzene ring substituents is 1. The Labute approximate surface area is 207 Å². The normalized spacial score (nSPS) is 13.5. The van der Waals surface area contributed by atoms with Gasteiger partial charge in [0.2, 0.25) is 0 Å². The highest BCUT2D eigenvalue weighted by atomic mass is 35.5. The summed E-state index contributed by atoms with van der Waals surface area (Å²) in [4.78, 5) is 28.1. The maximum absolute atomic E-state index is 13.8. The molecular formula is C25H24ClFN4O4. The standard InChI is InChI=1S/C25H24ClFN4O4/c1-16-21(27)9-8-20(24(16)26)25(32)28-22-15-18(31(33)34)5-10-23(22)30-13-11-29(12-14-30)17-3-6-19(35-2)7-4-17/h3-10,15H,11-14H2,1-2H3,(H,28,32). The minimum absolute atomic E-state index is 0.00240. The summed E-state index contributed by atoms with van der Waals surface area (Å²) in [7, 11) is 1.62. The number of methoxy groups -OCH3 is 1. The number of hydrogen-bond acceptors (Lipinski definition) is 6. The van der Waals surface area contributed by atoms with E-state index in [9.17, 15) is 19.3 Å². The van der Waals surface area contributed by atoms with Crippen LogP contribution in [0.2, 0.25) is 5.02 Å². The molecule has 8 nitrogen and oxygen atoms in total. The molecule has 0 spiro atoms. The van der Waals surface area contributed by atoms with Gasteiger partial charge < -0.3 is 19.9 Å². The topological polar surface area (TPSA) is 87.9 Å².